The van der Waals surface area contributed by atoms with Crippen LogP contribution in [0.2, 0.25) is 0 Å². The molecule has 1 aliphatic carbocycles. The van der Waals surface area contributed by atoms with Crippen molar-refractivity contribution in [1.82, 2.24) is 0 Å². The molecule has 9 aromatic rings. The van der Waals surface area contributed by atoms with E-state index in [-0.39, 0.29) is 5.41 Å². The zero-order chi connectivity index (χ0) is 36.2. The normalized spacial score (nSPS) is 12.8. The summed E-state index contributed by atoms with van der Waals surface area (Å²) in [5, 5.41) is 5.00. The van der Waals surface area contributed by atoms with Crippen molar-refractivity contribution in [3.8, 4) is 44.5 Å². The number of nitrogens with zero attached hydrogens (tertiary/aromatic N) is 1. The molecular weight excluding hydrogens is 651 g/mol. The lowest BCUT2D eigenvalue weighted by Crippen LogP contribution is -2.16. The highest BCUT2D eigenvalue weighted by atomic mass is 15.1. The summed E-state index contributed by atoms with van der Waals surface area (Å²) in [5.41, 5.74) is 16.0. The summed E-state index contributed by atoms with van der Waals surface area (Å²) in [4.78, 5) is 2.46. The molecule has 0 amide bonds. The molecule has 0 atom stereocenters. The van der Waals surface area contributed by atoms with E-state index < -0.39 is 0 Å². The average Bonchev–Trinajstić information content (AvgIpc) is 3.46. The van der Waals surface area contributed by atoms with E-state index >= 15 is 0 Å². The number of anilines is 3. The number of hydrogen-bond donors (Lipinski definition) is 0. The van der Waals surface area contributed by atoms with E-state index in [0.29, 0.717) is 0 Å². The summed E-state index contributed by atoms with van der Waals surface area (Å²) in [6, 6.07) is 73.4. The van der Waals surface area contributed by atoms with Crippen LogP contribution < -0.4 is 4.90 Å². The van der Waals surface area contributed by atoms with E-state index in [1.807, 2.05) is 0 Å². The van der Waals surface area contributed by atoms with Crippen molar-refractivity contribution >= 4 is 38.6 Å². The predicted molar refractivity (Wildman–Crippen MR) is 230 cm³/mol. The van der Waals surface area contributed by atoms with E-state index in [2.05, 4.69) is 219 Å². The SMILES string of the molecule is CC1(C)c2ccccc2-c2ccc(N(c3ccc(-c4cccc5ccccc45)cc3)c3ccccc3-c3cccc4cccc(-c5ccccc5)c34)cc21. The van der Waals surface area contributed by atoms with Gasteiger partial charge in [-0.2, -0.15) is 0 Å². The maximum Gasteiger partial charge on any atom is 0.0540 e. The van der Waals surface area contributed by atoms with E-state index in [1.54, 1.807) is 0 Å². The molecule has 1 nitrogen and oxygen atoms in total. The van der Waals surface area contributed by atoms with Gasteiger partial charge in [-0.25, -0.2) is 0 Å². The molecule has 10 rings (SSSR count). The van der Waals surface area contributed by atoms with Crippen LogP contribution in [-0.4, -0.2) is 0 Å². The number of hydrogen-bond acceptors (Lipinski definition) is 1. The summed E-state index contributed by atoms with van der Waals surface area (Å²) in [6.07, 6.45) is 0. The first-order valence-corrected chi connectivity index (χ1v) is 18.9. The Balaban J connectivity index is 1.19. The van der Waals surface area contributed by atoms with Gasteiger partial charge in [0.05, 0.1) is 5.69 Å². The second kappa shape index (κ2) is 12.8. The first-order chi connectivity index (χ1) is 26.6. The largest absolute Gasteiger partial charge is 0.310 e. The standard InChI is InChI=1S/C53H39N/c1-53(2)49-27-10-8-22-45(49)46-34-33-41(35-50(46)53)54(40-31-29-38(30-32-40)43-24-12-18-36-17-6-7-21-42(36)43)51-28-11-9-23-47(51)48-26-14-20-39-19-13-25-44(52(39)48)37-15-4-3-5-16-37/h3-35H,1-2H3. The van der Waals surface area contributed by atoms with E-state index in [9.17, 15) is 0 Å². The zero-order valence-corrected chi connectivity index (χ0v) is 30.5. The van der Waals surface area contributed by atoms with Crippen LogP contribution in [0, 0.1) is 0 Å². The molecule has 0 spiro atoms. The van der Waals surface area contributed by atoms with Crippen LogP contribution in [0.4, 0.5) is 17.1 Å². The smallest absolute Gasteiger partial charge is 0.0540 e. The van der Waals surface area contributed by atoms with Gasteiger partial charge >= 0.3 is 0 Å². The summed E-state index contributed by atoms with van der Waals surface area (Å²) in [6.45, 7) is 4.72. The van der Waals surface area contributed by atoms with E-state index in [4.69, 9.17) is 0 Å². The maximum absolute atomic E-state index is 2.46. The Morgan fingerprint density at radius 3 is 1.72 bits per heavy atom. The van der Waals surface area contributed by atoms with Crippen LogP contribution in [-0.2, 0) is 5.41 Å². The van der Waals surface area contributed by atoms with Crippen molar-refractivity contribution in [2.45, 2.75) is 19.3 Å². The quantitative estimate of drug-likeness (QED) is 0.168. The van der Waals surface area contributed by atoms with Crippen molar-refractivity contribution in [1.29, 1.82) is 0 Å². The Kier molecular flexibility index (Phi) is 7.56. The molecule has 0 unspecified atom stereocenters. The van der Waals surface area contributed by atoms with Crippen molar-refractivity contribution in [2.75, 3.05) is 4.90 Å². The number of rotatable bonds is 6. The molecule has 0 saturated carbocycles. The molecule has 0 radical (unpaired) electrons. The molecule has 1 heteroatoms. The van der Waals surface area contributed by atoms with Crippen LogP contribution >= 0.6 is 0 Å². The van der Waals surface area contributed by atoms with Crippen molar-refractivity contribution in [2.24, 2.45) is 0 Å². The van der Waals surface area contributed by atoms with E-state index in [0.717, 1.165) is 17.1 Å². The lowest BCUT2D eigenvalue weighted by atomic mass is 9.82. The molecule has 0 aromatic heterocycles. The predicted octanol–water partition coefficient (Wildman–Crippen LogP) is 14.8. The Labute approximate surface area is 317 Å². The Morgan fingerprint density at radius 1 is 0.352 bits per heavy atom. The fourth-order valence-corrected chi connectivity index (χ4v) is 8.85. The van der Waals surface area contributed by atoms with Gasteiger partial charge in [-0.05, 0) is 102 Å². The van der Waals surface area contributed by atoms with Gasteiger partial charge in [0, 0.05) is 22.4 Å². The average molecular weight is 690 g/mol. The molecule has 0 saturated heterocycles. The van der Waals surface area contributed by atoms with Gasteiger partial charge in [-0.3, -0.25) is 0 Å². The number of fused-ring (bicyclic) bond motifs is 5. The van der Waals surface area contributed by atoms with Gasteiger partial charge in [0.15, 0.2) is 0 Å². The number of benzene rings is 9. The minimum atomic E-state index is -0.119. The molecule has 0 aliphatic heterocycles. The van der Waals surface area contributed by atoms with Gasteiger partial charge in [-0.1, -0.05) is 184 Å². The third kappa shape index (κ3) is 5.16. The van der Waals surface area contributed by atoms with Gasteiger partial charge in [-0.15, -0.1) is 0 Å². The van der Waals surface area contributed by atoms with Crippen LogP contribution in [0.15, 0.2) is 200 Å². The van der Waals surface area contributed by atoms with Gasteiger partial charge in [0.25, 0.3) is 0 Å². The molecule has 0 fully saturated rings. The topological polar surface area (TPSA) is 3.24 Å². The molecule has 0 heterocycles. The monoisotopic (exact) mass is 689 g/mol. The van der Waals surface area contributed by atoms with Crippen molar-refractivity contribution in [3.63, 3.8) is 0 Å². The molecule has 256 valence electrons. The molecule has 0 N–H and O–H groups in total. The third-order valence-corrected chi connectivity index (χ3v) is 11.5. The molecular formula is C53H39N. The third-order valence-electron chi connectivity index (χ3n) is 11.5. The first-order valence-electron chi connectivity index (χ1n) is 18.9. The molecule has 0 bridgehead atoms. The Bertz CT molecular complexity index is 2830. The second-order valence-corrected chi connectivity index (χ2v) is 14.9. The highest BCUT2D eigenvalue weighted by molar-refractivity contribution is 6.09. The zero-order valence-electron chi connectivity index (χ0n) is 30.5. The van der Waals surface area contributed by atoms with E-state index in [1.165, 1.54) is 77.2 Å². The van der Waals surface area contributed by atoms with Crippen LogP contribution in [0.5, 0.6) is 0 Å². The second-order valence-electron chi connectivity index (χ2n) is 14.9. The molecule has 1 aliphatic rings. The van der Waals surface area contributed by atoms with Crippen molar-refractivity contribution < 1.29 is 0 Å². The maximum atomic E-state index is 2.46. The lowest BCUT2D eigenvalue weighted by Gasteiger charge is -2.30. The van der Waals surface area contributed by atoms with Crippen LogP contribution in [0.3, 0.4) is 0 Å². The highest BCUT2D eigenvalue weighted by Gasteiger charge is 2.36. The molecule has 54 heavy (non-hydrogen) atoms. The summed E-state index contributed by atoms with van der Waals surface area (Å²) in [5.74, 6) is 0. The Morgan fingerprint density at radius 2 is 0.907 bits per heavy atom. The van der Waals surface area contributed by atoms with Crippen LogP contribution in [0.25, 0.3) is 66.1 Å². The first kappa shape index (κ1) is 32.0. The number of para-hydroxylation sites is 1. The van der Waals surface area contributed by atoms with Gasteiger partial charge in [0.1, 0.15) is 0 Å². The Hall–Kier alpha value is -6.70. The van der Waals surface area contributed by atoms with Crippen LogP contribution in [0.1, 0.15) is 25.0 Å². The minimum Gasteiger partial charge on any atom is -0.310 e. The lowest BCUT2D eigenvalue weighted by molar-refractivity contribution is 0.660. The molecule has 9 aromatic carbocycles. The fourth-order valence-electron chi connectivity index (χ4n) is 8.85. The van der Waals surface area contributed by atoms with Gasteiger partial charge < -0.3 is 4.90 Å². The highest BCUT2D eigenvalue weighted by Crippen LogP contribution is 2.52. The minimum absolute atomic E-state index is 0.119. The van der Waals surface area contributed by atoms with Crippen molar-refractivity contribution in [3.05, 3.63) is 211 Å². The summed E-state index contributed by atoms with van der Waals surface area (Å²) < 4.78 is 0. The fraction of sp³-hybridized carbons (Fsp3) is 0.0566. The summed E-state index contributed by atoms with van der Waals surface area (Å²) >= 11 is 0. The summed E-state index contributed by atoms with van der Waals surface area (Å²) in [7, 11) is 0. The van der Waals surface area contributed by atoms with Gasteiger partial charge in [0.2, 0.25) is 0 Å².